The van der Waals surface area contributed by atoms with Gasteiger partial charge in [-0.3, -0.25) is 0 Å². The third kappa shape index (κ3) is 2.66. The summed E-state index contributed by atoms with van der Waals surface area (Å²) in [7, 11) is 0. The predicted molar refractivity (Wildman–Crippen MR) is 57.0 cm³/mol. The van der Waals surface area contributed by atoms with Gasteiger partial charge in [0, 0.05) is 5.70 Å². The molecule has 0 atom stereocenters. The molecule has 64 valence electrons. The van der Waals surface area contributed by atoms with E-state index in [-0.39, 0.29) is 0 Å². The Kier molecular flexibility index (Phi) is 3.29. The summed E-state index contributed by atoms with van der Waals surface area (Å²) in [5.74, 6) is 1.81. The molecule has 0 saturated carbocycles. The highest BCUT2D eigenvalue weighted by atomic mass is 32.2. The molecule has 0 radical (unpaired) electrons. The number of hydrogen-bond acceptors (Lipinski definition) is 2. The molecule has 0 unspecified atom stereocenters. The smallest absolute Gasteiger partial charge is 0.139 e. The second kappa shape index (κ2) is 4.26. The van der Waals surface area contributed by atoms with E-state index in [9.17, 15) is 0 Å². The third-order valence-electron chi connectivity index (χ3n) is 1.36. The lowest BCUT2D eigenvalue weighted by Crippen LogP contribution is -1.91. The van der Waals surface area contributed by atoms with Gasteiger partial charge in [-0.2, -0.15) is 0 Å². The van der Waals surface area contributed by atoms with Crippen molar-refractivity contribution in [3.63, 3.8) is 0 Å². The summed E-state index contributed by atoms with van der Waals surface area (Å²) < 4.78 is 0. The van der Waals surface area contributed by atoms with E-state index in [1.54, 1.807) is 17.8 Å². The van der Waals surface area contributed by atoms with Crippen molar-refractivity contribution in [2.75, 3.05) is 5.75 Å². The van der Waals surface area contributed by atoms with Crippen LogP contribution in [0.3, 0.4) is 0 Å². The summed E-state index contributed by atoms with van der Waals surface area (Å²) in [6.07, 6.45) is 3.61. The molecule has 12 heavy (non-hydrogen) atoms. The van der Waals surface area contributed by atoms with Crippen LogP contribution < -0.4 is 0 Å². The Morgan fingerprint density at radius 1 is 1.75 bits per heavy atom. The van der Waals surface area contributed by atoms with Crippen molar-refractivity contribution in [3.05, 3.63) is 24.4 Å². The molecule has 3 heteroatoms. The predicted octanol–water partition coefficient (Wildman–Crippen LogP) is 2.64. The largest absolute Gasteiger partial charge is 0.237 e. The Bertz CT molecular complexity index is 274. The van der Waals surface area contributed by atoms with Gasteiger partial charge in [0.15, 0.2) is 0 Å². The maximum atomic E-state index is 4.31. The van der Waals surface area contributed by atoms with Crippen LogP contribution in [-0.4, -0.2) is 16.6 Å². The fraction of sp³-hybridized carbons (Fsp3) is 0.333. The van der Waals surface area contributed by atoms with E-state index in [1.165, 1.54) is 0 Å². The zero-order valence-electron chi connectivity index (χ0n) is 7.37. The first-order valence-electron chi connectivity index (χ1n) is 3.77. The number of hydrogen-bond donors (Lipinski definition) is 0. The fourth-order valence-corrected chi connectivity index (χ4v) is 1.52. The van der Waals surface area contributed by atoms with Crippen LogP contribution in [0.2, 0.25) is 0 Å². The Balaban J connectivity index is 2.70. The minimum Gasteiger partial charge on any atom is -0.237 e. The van der Waals surface area contributed by atoms with Gasteiger partial charge in [-0.05, 0) is 19.9 Å². The second-order valence-corrected chi connectivity index (χ2v) is 3.66. The highest BCUT2D eigenvalue weighted by Gasteiger charge is 2.08. The summed E-state index contributed by atoms with van der Waals surface area (Å²) >= 11 is 1.73. The van der Waals surface area contributed by atoms with Gasteiger partial charge in [-0.15, -0.1) is 11.8 Å². The second-order valence-electron chi connectivity index (χ2n) is 2.49. The van der Waals surface area contributed by atoms with Gasteiger partial charge >= 0.3 is 0 Å². The van der Waals surface area contributed by atoms with Crippen molar-refractivity contribution < 1.29 is 0 Å². The first kappa shape index (κ1) is 9.26. The number of allylic oxidation sites excluding steroid dienone is 3. The highest BCUT2D eigenvalue weighted by molar-refractivity contribution is 8.14. The van der Waals surface area contributed by atoms with Crippen LogP contribution in [0.5, 0.6) is 0 Å². The summed E-state index contributed by atoms with van der Waals surface area (Å²) in [4.78, 5) is 8.58. The molecule has 1 rings (SSSR count). The molecule has 0 spiro atoms. The molecular weight excluding hydrogens is 168 g/mol. The normalized spacial score (nSPS) is 21.3. The van der Waals surface area contributed by atoms with Crippen LogP contribution in [-0.2, 0) is 0 Å². The van der Waals surface area contributed by atoms with Gasteiger partial charge in [0.2, 0.25) is 0 Å². The van der Waals surface area contributed by atoms with Crippen molar-refractivity contribution in [1.29, 1.82) is 0 Å². The zero-order valence-corrected chi connectivity index (χ0v) is 8.19. The van der Waals surface area contributed by atoms with Crippen molar-refractivity contribution in [2.24, 2.45) is 9.98 Å². The SMILES string of the molecule is C=C/C=C(/C)N=C1CSC(C)=N1. The Hall–Kier alpha value is -0.830. The van der Waals surface area contributed by atoms with Gasteiger partial charge in [0.25, 0.3) is 0 Å². The standard InChI is InChI=1S/C9H12N2S/c1-4-5-7(2)10-9-6-12-8(3)11-9/h4-5H,1,6H2,2-3H3/b7-5-,10-9?. The Labute approximate surface area is 77.2 Å². The molecule has 0 aliphatic carbocycles. The first-order valence-corrected chi connectivity index (χ1v) is 4.76. The third-order valence-corrected chi connectivity index (χ3v) is 2.27. The molecule has 0 bridgehead atoms. The molecule has 1 heterocycles. The van der Waals surface area contributed by atoms with Crippen LogP contribution in [0.25, 0.3) is 0 Å². The molecule has 0 amide bonds. The maximum absolute atomic E-state index is 4.31. The van der Waals surface area contributed by atoms with Crippen molar-refractivity contribution >= 4 is 22.6 Å². The molecule has 0 fully saturated rings. The molecule has 0 aromatic rings. The lowest BCUT2D eigenvalue weighted by Gasteiger charge is -1.91. The van der Waals surface area contributed by atoms with Crippen molar-refractivity contribution in [3.8, 4) is 0 Å². The molecule has 0 aromatic carbocycles. The lowest BCUT2D eigenvalue weighted by atomic mass is 10.4. The number of aliphatic imine (C=N–C) groups is 2. The van der Waals surface area contributed by atoms with Gasteiger partial charge in [0.05, 0.1) is 10.8 Å². The van der Waals surface area contributed by atoms with Crippen LogP contribution >= 0.6 is 11.8 Å². The monoisotopic (exact) mass is 180 g/mol. The summed E-state index contributed by atoms with van der Waals surface area (Å²) in [5, 5.41) is 1.10. The number of rotatable bonds is 2. The van der Waals surface area contributed by atoms with E-state index in [1.807, 2.05) is 19.9 Å². The van der Waals surface area contributed by atoms with Crippen LogP contribution in [0, 0.1) is 0 Å². The van der Waals surface area contributed by atoms with Crippen LogP contribution in [0.1, 0.15) is 13.8 Å². The minimum absolute atomic E-state index is 0.897. The number of nitrogens with zero attached hydrogens (tertiary/aromatic N) is 2. The Morgan fingerprint density at radius 2 is 2.50 bits per heavy atom. The molecular formula is C9H12N2S. The van der Waals surface area contributed by atoms with Gasteiger partial charge < -0.3 is 0 Å². The van der Waals surface area contributed by atoms with E-state index >= 15 is 0 Å². The lowest BCUT2D eigenvalue weighted by molar-refractivity contribution is 1.28. The van der Waals surface area contributed by atoms with E-state index in [0.29, 0.717) is 0 Å². The summed E-state index contributed by atoms with van der Waals surface area (Å²) in [6, 6.07) is 0. The maximum Gasteiger partial charge on any atom is 0.139 e. The van der Waals surface area contributed by atoms with Crippen molar-refractivity contribution in [2.45, 2.75) is 13.8 Å². The summed E-state index contributed by atoms with van der Waals surface area (Å²) in [5.41, 5.74) is 0.957. The first-order chi connectivity index (χ1) is 5.72. The van der Waals surface area contributed by atoms with Gasteiger partial charge in [0.1, 0.15) is 5.84 Å². The quantitative estimate of drug-likeness (QED) is 0.599. The van der Waals surface area contributed by atoms with Crippen LogP contribution in [0.4, 0.5) is 0 Å². The molecule has 0 N–H and O–H groups in total. The average molecular weight is 180 g/mol. The van der Waals surface area contributed by atoms with Gasteiger partial charge in [-0.25, -0.2) is 9.98 Å². The van der Waals surface area contributed by atoms with Crippen LogP contribution in [0.15, 0.2) is 34.4 Å². The number of thioether (sulfide) groups is 1. The molecule has 1 aliphatic rings. The minimum atomic E-state index is 0.897. The molecule has 1 aliphatic heterocycles. The van der Waals surface area contributed by atoms with Crippen molar-refractivity contribution in [1.82, 2.24) is 0 Å². The highest BCUT2D eigenvalue weighted by Crippen LogP contribution is 2.14. The average Bonchev–Trinajstić information content (AvgIpc) is 2.36. The topological polar surface area (TPSA) is 24.7 Å². The molecule has 2 nitrogen and oxygen atoms in total. The molecule has 0 saturated heterocycles. The summed E-state index contributed by atoms with van der Waals surface area (Å²) in [6.45, 7) is 7.55. The zero-order chi connectivity index (χ0) is 8.97. The van der Waals surface area contributed by atoms with E-state index in [4.69, 9.17) is 0 Å². The fourth-order valence-electron chi connectivity index (χ4n) is 0.884. The molecule has 0 aromatic heterocycles. The number of amidine groups is 1. The Morgan fingerprint density at radius 3 is 3.00 bits per heavy atom. The van der Waals surface area contributed by atoms with E-state index < -0.39 is 0 Å². The van der Waals surface area contributed by atoms with Gasteiger partial charge in [-0.1, -0.05) is 12.7 Å². The van der Waals surface area contributed by atoms with E-state index in [2.05, 4.69) is 16.6 Å². The van der Waals surface area contributed by atoms with E-state index in [0.717, 1.165) is 22.3 Å².